The molecule has 0 spiro atoms. The third kappa shape index (κ3) is 9.01. The highest BCUT2D eigenvalue weighted by atomic mass is 16.7. The molecule has 2 bridgehead atoms. The van der Waals surface area contributed by atoms with Crippen molar-refractivity contribution in [2.75, 3.05) is 60.5 Å². The van der Waals surface area contributed by atoms with Crippen LogP contribution in [0.15, 0.2) is 60.7 Å². The highest BCUT2D eigenvalue weighted by molar-refractivity contribution is 5.97. The number of ether oxygens (including phenoxy) is 2. The van der Waals surface area contributed by atoms with Gasteiger partial charge in [-0.15, -0.1) is 0 Å². The molecule has 4 fully saturated rings. The first-order chi connectivity index (χ1) is 27.6. The lowest BCUT2D eigenvalue weighted by molar-refractivity contribution is -0.183. The average molecular weight is 800 g/mol. The van der Waals surface area contributed by atoms with Gasteiger partial charge in [-0.1, -0.05) is 51.1 Å². The van der Waals surface area contributed by atoms with Crippen LogP contribution in [0.5, 0.6) is 11.5 Å². The van der Waals surface area contributed by atoms with Gasteiger partial charge in [0.05, 0.1) is 33.5 Å². The molecule has 9 atom stereocenters. The van der Waals surface area contributed by atoms with Crippen LogP contribution >= 0.6 is 0 Å². The summed E-state index contributed by atoms with van der Waals surface area (Å²) in [4.78, 5) is 38.8. The molecule has 12 nitrogen and oxygen atoms in total. The summed E-state index contributed by atoms with van der Waals surface area (Å²) >= 11 is 0. The number of hydrogen-bond donors (Lipinski definition) is 4. The van der Waals surface area contributed by atoms with Gasteiger partial charge in [0.25, 0.3) is 5.91 Å². The number of anilines is 1. The fraction of sp³-hybridized carbons (Fsp3) is 0.565. The number of benzene rings is 3. The summed E-state index contributed by atoms with van der Waals surface area (Å²) in [6, 6.07) is 18.5. The van der Waals surface area contributed by atoms with Crippen molar-refractivity contribution in [2.24, 2.45) is 29.1 Å². The van der Waals surface area contributed by atoms with Gasteiger partial charge in [-0.3, -0.25) is 14.4 Å². The Labute approximate surface area is 344 Å². The molecule has 1 heterocycles. The SMILES string of the molecule is COc1ccc(C[C@@H](CN(C)C)NC(=O)c2cc(-c3cccc(CN4O[C@@H](CO)C([C@H](C)O)[C@H]4C(=O)N[C@H]4C[C@H]5C[C@@H]([C@@H]4C)C5(C)C)c3OC)cc(N(C)C)c2)cc1. The van der Waals surface area contributed by atoms with Gasteiger partial charge in [0.1, 0.15) is 23.6 Å². The van der Waals surface area contributed by atoms with E-state index in [0.717, 1.165) is 40.1 Å². The summed E-state index contributed by atoms with van der Waals surface area (Å²) in [5.41, 5.74) is 5.03. The molecule has 3 aromatic carbocycles. The van der Waals surface area contributed by atoms with Crippen molar-refractivity contribution in [3.63, 3.8) is 0 Å². The number of carbonyl (C=O) groups excluding carboxylic acids is 2. The molecule has 12 heteroatoms. The molecule has 0 aromatic heterocycles. The molecule has 4 aliphatic rings. The Balaban J connectivity index is 1.28. The zero-order valence-corrected chi connectivity index (χ0v) is 36.0. The molecule has 7 rings (SSSR count). The molecular weight excluding hydrogens is 735 g/mol. The summed E-state index contributed by atoms with van der Waals surface area (Å²) in [6.07, 6.45) is 1.10. The summed E-state index contributed by atoms with van der Waals surface area (Å²) in [7, 11) is 11.1. The molecule has 316 valence electrons. The van der Waals surface area contributed by atoms with Crippen LogP contribution in [0, 0.1) is 29.1 Å². The fourth-order valence-corrected chi connectivity index (χ4v) is 9.90. The third-order valence-corrected chi connectivity index (χ3v) is 13.3. The topological polar surface area (TPSA) is 136 Å². The number of nitrogens with zero attached hydrogens (tertiary/aromatic N) is 3. The number of likely N-dealkylation sites (N-methyl/N-ethyl adjacent to an activating group) is 1. The van der Waals surface area contributed by atoms with Gasteiger partial charge in [0.15, 0.2) is 0 Å². The number of nitrogens with one attached hydrogen (secondary N) is 2. The smallest absolute Gasteiger partial charge is 0.251 e. The van der Waals surface area contributed by atoms with Crippen molar-refractivity contribution in [1.82, 2.24) is 20.6 Å². The van der Waals surface area contributed by atoms with Crippen molar-refractivity contribution in [1.29, 1.82) is 0 Å². The first-order valence-corrected chi connectivity index (χ1v) is 20.7. The zero-order valence-electron chi connectivity index (χ0n) is 36.0. The monoisotopic (exact) mass is 799 g/mol. The Morgan fingerprint density at radius 2 is 1.74 bits per heavy atom. The molecular formula is C46H65N5O7. The number of fused-ring (bicyclic) bond motifs is 2. The second-order valence-corrected chi connectivity index (χ2v) is 17.9. The first-order valence-electron chi connectivity index (χ1n) is 20.7. The minimum absolute atomic E-state index is 0.0304. The fourth-order valence-electron chi connectivity index (χ4n) is 9.90. The first kappa shape index (κ1) is 43.4. The number of methoxy groups -OCH3 is 2. The lowest BCUT2D eigenvalue weighted by Crippen LogP contribution is -2.62. The zero-order chi connectivity index (χ0) is 42.1. The van der Waals surface area contributed by atoms with Crippen LogP contribution in [0.25, 0.3) is 11.1 Å². The number of hydroxylamine groups is 2. The molecule has 58 heavy (non-hydrogen) atoms. The van der Waals surface area contributed by atoms with Gasteiger partial charge in [-0.05, 0) is 105 Å². The minimum Gasteiger partial charge on any atom is -0.497 e. The molecule has 3 aromatic rings. The lowest BCUT2D eigenvalue weighted by atomic mass is 9.45. The summed E-state index contributed by atoms with van der Waals surface area (Å²) in [6.45, 7) is 9.02. The van der Waals surface area contributed by atoms with E-state index in [4.69, 9.17) is 14.3 Å². The van der Waals surface area contributed by atoms with Crippen molar-refractivity contribution in [2.45, 2.75) is 83.8 Å². The van der Waals surface area contributed by atoms with Gasteiger partial charge in [-0.2, -0.15) is 5.06 Å². The number of carbonyl (C=O) groups is 2. The van der Waals surface area contributed by atoms with E-state index >= 15 is 0 Å². The third-order valence-electron chi connectivity index (χ3n) is 13.3. The van der Waals surface area contributed by atoms with Gasteiger partial charge in [0, 0.05) is 61.0 Å². The summed E-state index contributed by atoms with van der Waals surface area (Å²) in [5.74, 6) is 1.75. The van der Waals surface area contributed by atoms with E-state index in [2.05, 4.69) is 36.3 Å². The maximum absolute atomic E-state index is 14.3. The second kappa shape index (κ2) is 18.0. The van der Waals surface area contributed by atoms with E-state index < -0.39 is 24.2 Å². The Hall–Kier alpha value is -4.20. The number of para-hydroxylation sites is 1. The number of aliphatic hydroxyl groups is 2. The Morgan fingerprint density at radius 3 is 2.33 bits per heavy atom. The number of hydrogen-bond acceptors (Lipinski definition) is 10. The molecule has 1 aliphatic heterocycles. The largest absolute Gasteiger partial charge is 0.497 e. The normalized spacial score (nSPS) is 26.1. The quantitative estimate of drug-likeness (QED) is 0.157. The van der Waals surface area contributed by atoms with Crippen LogP contribution in [0.2, 0.25) is 0 Å². The van der Waals surface area contributed by atoms with Crippen LogP contribution in [0.3, 0.4) is 0 Å². The van der Waals surface area contributed by atoms with E-state index in [1.54, 1.807) is 26.2 Å². The van der Waals surface area contributed by atoms with Crippen LogP contribution < -0.4 is 25.0 Å². The lowest BCUT2D eigenvalue weighted by Gasteiger charge is -2.62. The van der Waals surface area contributed by atoms with Crippen molar-refractivity contribution >= 4 is 17.5 Å². The van der Waals surface area contributed by atoms with Crippen molar-refractivity contribution in [3.8, 4) is 22.6 Å². The number of amides is 2. The standard InChI is InChI=1S/C46H65N5O7/c1-27-38-22-33(46(38,3)4)23-39(27)48-45(55)42-41(28(2)53)40(26-52)58-51(42)24-30-12-11-13-37(43(30)57-10)31-19-32(21-35(20-31)50(7)8)44(54)47-34(25-49(5)6)18-29-14-16-36(56-9)17-15-29/h11-17,19-21,27-28,33-34,38-42,52-53H,18,22-26H2,1-10H3,(H,47,54)(H,48,55)/t27-,28-,33+,34-,38-,39-,40-,41?,42-/m0/s1. The van der Waals surface area contributed by atoms with Crippen molar-refractivity contribution < 1.29 is 34.1 Å². The van der Waals surface area contributed by atoms with E-state index in [1.165, 1.54) is 6.42 Å². The van der Waals surface area contributed by atoms with Crippen LogP contribution in [-0.4, -0.2) is 118 Å². The molecule has 4 N–H and O–H groups in total. The van der Waals surface area contributed by atoms with Crippen LogP contribution in [-0.2, 0) is 22.6 Å². The van der Waals surface area contributed by atoms with Crippen LogP contribution in [0.1, 0.15) is 62.0 Å². The average Bonchev–Trinajstić information content (AvgIpc) is 3.56. The van der Waals surface area contributed by atoms with Gasteiger partial charge in [-0.25, -0.2) is 0 Å². The Morgan fingerprint density at radius 1 is 1.02 bits per heavy atom. The number of aliphatic hydroxyl groups excluding tert-OH is 2. The van der Waals surface area contributed by atoms with E-state index in [0.29, 0.717) is 42.0 Å². The molecule has 0 radical (unpaired) electrons. The van der Waals surface area contributed by atoms with Crippen LogP contribution in [0.4, 0.5) is 5.69 Å². The van der Waals surface area contributed by atoms with E-state index in [9.17, 15) is 19.8 Å². The Kier molecular flexibility index (Phi) is 13.4. The van der Waals surface area contributed by atoms with Gasteiger partial charge in [0.2, 0.25) is 5.91 Å². The summed E-state index contributed by atoms with van der Waals surface area (Å²) in [5, 5.41) is 29.6. The molecule has 3 saturated carbocycles. The second-order valence-electron chi connectivity index (χ2n) is 17.9. The molecule has 2 amide bonds. The highest BCUT2D eigenvalue weighted by Crippen LogP contribution is 2.61. The van der Waals surface area contributed by atoms with Crippen molar-refractivity contribution in [3.05, 3.63) is 77.4 Å². The van der Waals surface area contributed by atoms with Gasteiger partial charge < -0.3 is 40.1 Å². The number of rotatable bonds is 16. The Bertz CT molecular complexity index is 1900. The minimum atomic E-state index is -0.908. The molecule has 3 aliphatic carbocycles. The molecule has 1 unspecified atom stereocenters. The maximum atomic E-state index is 14.3. The summed E-state index contributed by atoms with van der Waals surface area (Å²) < 4.78 is 11.5. The maximum Gasteiger partial charge on any atom is 0.251 e. The van der Waals surface area contributed by atoms with E-state index in [-0.39, 0.29) is 42.5 Å². The highest BCUT2D eigenvalue weighted by Gasteiger charge is 2.57. The van der Waals surface area contributed by atoms with Gasteiger partial charge >= 0.3 is 0 Å². The predicted octanol–water partition coefficient (Wildman–Crippen LogP) is 5.00. The predicted molar refractivity (Wildman–Crippen MR) is 227 cm³/mol. The molecule has 1 saturated heterocycles. The van der Waals surface area contributed by atoms with E-state index in [1.807, 2.05) is 93.8 Å².